The Morgan fingerprint density at radius 2 is 2.15 bits per heavy atom. The largest absolute Gasteiger partial charge is 0.477 e. The summed E-state index contributed by atoms with van der Waals surface area (Å²) in [6, 6.07) is 2.72. The molecule has 1 aromatic rings. The standard InChI is InChI=1S/C12H12N4O4/c1-16-10(17)3-2-8(15-16)11(18)14-7-4-5-13-9(6-7)12(19)20/h4-6H,2-3H2,1H3,(H,19,20)(H,13,14,18). The third kappa shape index (κ3) is 2.97. The minimum absolute atomic E-state index is 0.154. The van der Waals surface area contributed by atoms with Gasteiger partial charge in [0.1, 0.15) is 11.4 Å². The fourth-order valence-corrected chi connectivity index (χ4v) is 1.66. The van der Waals surface area contributed by atoms with Crippen molar-refractivity contribution in [3.63, 3.8) is 0 Å². The van der Waals surface area contributed by atoms with Gasteiger partial charge in [0.15, 0.2) is 0 Å². The number of carboxylic acid groups (broad SMARTS) is 1. The highest BCUT2D eigenvalue weighted by Gasteiger charge is 2.22. The topological polar surface area (TPSA) is 112 Å². The molecule has 0 aromatic carbocycles. The Morgan fingerprint density at radius 1 is 1.40 bits per heavy atom. The summed E-state index contributed by atoms with van der Waals surface area (Å²) in [5.41, 5.74) is 0.367. The first-order valence-corrected chi connectivity index (χ1v) is 5.82. The van der Waals surface area contributed by atoms with Gasteiger partial charge in [-0.2, -0.15) is 5.10 Å². The first-order valence-electron chi connectivity index (χ1n) is 5.82. The molecule has 20 heavy (non-hydrogen) atoms. The van der Waals surface area contributed by atoms with Crippen molar-refractivity contribution in [1.29, 1.82) is 0 Å². The molecule has 0 atom stereocenters. The van der Waals surface area contributed by atoms with Crippen LogP contribution in [0, 0.1) is 0 Å². The molecule has 0 saturated carbocycles. The highest BCUT2D eigenvalue weighted by molar-refractivity contribution is 6.43. The number of pyridine rings is 1. The van der Waals surface area contributed by atoms with E-state index >= 15 is 0 Å². The molecule has 2 rings (SSSR count). The zero-order valence-electron chi connectivity index (χ0n) is 10.7. The third-order valence-electron chi connectivity index (χ3n) is 2.71. The predicted molar refractivity (Wildman–Crippen MR) is 69.3 cm³/mol. The van der Waals surface area contributed by atoms with Crippen LogP contribution in [0.4, 0.5) is 5.69 Å². The van der Waals surface area contributed by atoms with Crippen molar-refractivity contribution in [3.8, 4) is 0 Å². The number of amides is 2. The normalized spacial score (nSPS) is 14.8. The summed E-state index contributed by atoms with van der Waals surface area (Å²) >= 11 is 0. The Hall–Kier alpha value is -2.77. The van der Waals surface area contributed by atoms with Crippen LogP contribution in [-0.2, 0) is 9.59 Å². The van der Waals surface area contributed by atoms with Gasteiger partial charge >= 0.3 is 5.97 Å². The number of nitrogens with zero attached hydrogens (tertiary/aromatic N) is 3. The number of nitrogens with one attached hydrogen (secondary N) is 1. The number of hydrogen-bond donors (Lipinski definition) is 2. The second-order valence-electron chi connectivity index (χ2n) is 4.15. The maximum atomic E-state index is 12.0. The van der Waals surface area contributed by atoms with E-state index in [0.717, 1.165) is 5.01 Å². The van der Waals surface area contributed by atoms with Crippen molar-refractivity contribution in [1.82, 2.24) is 9.99 Å². The lowest BCUT2D eigenvalue weighted by molar-refractivity contribution is -0.130. The number of carbonyl (C=O) groups excluding carboxylic acids is 2. The quantitative estimate of drug-likeness (QED) is 0.826. The predicted octanol–water partition coefficient (Wildman–Crippen LogP) is 0.326. The summed E-state index contributed by atoms with van der Waals surface area (Å²) in [5.74, 6) is -1.80. The molecule has 1 aromatic heterocycles. The molecule has 0 spiro atoms. The van der Waals surface area contributed by atoms with Crippen LogP contribution in [0.5, 0.6) is 0 Å². The van der Waals surface area contributed by atoms with Crippen LogP contribution < -0.4 is 5.32 Å². The van der Waals surface area contributed by atoms with Crippen LogP contribution in [0.15, 0.2) is 23.4 Å². The first-order chi connectivity index (χ1) is 9.47. The van der Waals surface area contributed by atoms with Gasteiger partial charge < -0.3 is 10.4 Å². The average molecular weight is 276 g/mol. The number of aromatic carboxylic acids is 1. The van der Waals surface area contributed by atoms with E-state index in [1.165, 1.54) is 25.4 Å². The second kappa shape index (κ2) is 5.47. The number of hydrogen-bond acceptors (Lipinski definition) is 5. The number of rotatable bonds is 3. The monoisotopic (exact) mass is 276 g/mol. The lowest BCUT2D eigenvalue weighted by Crippen LogP contribution is -2.34. The smallest absolute Gasteiger partial charge is 0.354 e. The van der Waals surface area contributed by atoms with Crippen molar-refractivity contribution >= 4 is 29.2 Å². The summed E-state index contributed by atoms with van der Waals surface area (Å²) in [6.45, 7) is 0. The van der Waals surface area contributed by atoms with E-state index in [4.69, 9.17) is 5.11 Å². The molecule has 104 valence electrons. The van der Waals surface area contributed by atoms with Gasteiger partial charge in [-0.25, -0.2) is 14.8 Å². The van der Waals surface area contributed by atoms with E-state index in [2.05, 4.69) is 15.4 Å². The molecule has 8 nitrogen and oxygen atoms in total. The van der Waals surface area contributed by atoms with Crippen molar-refractivity contribution in [2.24, 2.45) is 5.10 Å². The van der Waals surface area contributed by atoms with Crippen molar-refractivity contribution in [2.75, 3.05) is 12.4 Å². The van der Waals surface area contributed by atoms with Gasteiger partial charge in [-0.15, -0.1) is 0 Å². The van der Waals surface area contributed by atoms with E-state index in [-0.39, 0.29) is 30.2 Å². The molecule has 0 saturated heterocycles. The van der Waals surface area contributed by atoms with Gasteiger partial charge in [0, 0.05) is 31.8 Å². The summed E-state index contributed by atoms with van der Waals surface area (Å²) in [5, 5.41) is 16.3. The molecule has 2 N–H and O–H groups in total. The molecule has 0 radical (unpaired) electrons. The van der Waals surface area contributed by atoms with Crippen LogP contribution in [0.3, 0.4) is 0 Å². The molecule has 2 amide bonds. The van der Waals surface area contributed by atoms with E-state index in [1.807, 2.05) is 0 Å². The Kier molecular flexibility index (Phi) is 3.74. The SMILES string of the molecule is CN1N=C(C(=O)Nc2ccnc(C(=O)O)c2)CCC1=O. The zero-order chi connectivity index (χ0) is 14.7. The van der Waals surface area contributed by atoms with Gasteiger partial charge in [-0.1, -0.05) is 0 Å². The first kappa shape index (κ1) is 13.7. The Bertz CT molecular complexity index is 611. The minimum atomic E-state index is -1.18. The number of anilines is 1. The summed E-state index contributed by atoms with van der Waals surface area (Å²) < 4.78 is 0. The maximum absolute atomic E-state index is 12.0. The molecule has 0 fully saturated rings. The third-order valence-corrected chi connectivity index (χ3v) is 2.71. The fourth-order valence-electron chi connectivity index (χ4n) is 1.66. The molecule has 0 bridgehead atoms. The van der Waals surface area contributed by atoms with Crippen molar-refractivity contribution in [2.45, 2.75) is 12.8 Å². The molecule has 0 aliphatic carbocycles. The van der Waals surface area contributed by atoms with E-state index in [1.54, 1.807) is 0 Å². The highest BCUT2D eigenvalue weighted by atomic mass is 16.4. The van der Waals surface area contributed by atoms with Crippen molar-refractivity contribution in [3.05, 3.63) is 24.0 Å². The van der Waals surface area contributed by atoms with Gasteiger partial charge in [-0.3, -0.25) is 9.59 Å². The number of hydrazone groups is 1. The van der Waals surface area contributed by atoms with Crippen LogP contribution in [-0.4, -0.2) is 45.6 Å². The van der Waals surface area contributed by atoms with Gasteiger partial charge in [0.25, 0.3) is 5.91 Å². The van der Waals surface area contributed by atoms with E-state index in [0.29, 0.717) is 5.69 Å². The maximum Gasteiger partial charge on any atom is 0.354 e. The molecule has 1 aliphatic heterocycles. The molecular formula is C12H12N4O4. The van der Waals surface area contributed by atoms with E-state index in [9.17, 15) is 14.4 Å². The fraction of sp³-hybridized carbons (Fsp3) is 0.250. The lowest BCUT2D eigenvalue weighted by atomic mass is 10.1. The molecule has 0 unspecified atom stereocenters. The molecule has 1 aliphatic rings. The second-order valence-corrected chi connectivity index (χ2v) is 4.15. The minimum Gasteiger partial charge on any atom is -0.477 e. The highest BCUT2D eigenvalue weighted by Crippen LogP contribution is 2.11. The number of carboxylic acids is 1. The molecule has 2 heterocycles. The van der Waals surface area contributed by atoms with Crippen molar-refractivity contribution < 1.29 is 19.5 Å². The Morgan fingerprint density at radius 3 is 2.80 bits per heavy atom. The summed E-state index contributed by atoms with van der Waals surface area (Å²) in [6.07, 6.45) is 1.77. The molecule has 8 heteroatoms. The summed E-state index contributed by atoms with van der Waals surface area (Å²) in [4.78, 5) is 37.6. The van der Waals surface area contributed by atoms with E-state index < -0.39 is 11.9 Å². The van der Waals surface area contributed by atoms with Crippen LogP contribution in [0.1, 0.15) is 23.3 Å². The number of aromatic nitrogens is 1. The van der Waals surface area contributed by atoms with Gasteiger partial charge in [0.2, 0.25) is 5.91 Å². The zero-order valence-corrected chi connectivity index (χ0v) is 10.7. The Labute approximate surface area is 114 Å². The Balaban J connectivity index is 2.12. The average Bonchev–Trinajstić information content (AvgIpc) is 2.42. The number of carbonyl (C=O) groups is 3. The van der Waals surface area contributed by atoms with Crippen LogP contribution >= 0.6 is 0 Å². The van der Waals surface area contributed by atoms with Gasteiger partial charge in [0.05, 0.1) is 0 Å². The lowest BCUT2D eigenvalue weighted by Gasteiger charge is -2.18. The van der Waals surface area contributed by atoms with Gasteiger partial charge in [-0.05, 0) is 12.1 Å². The van der Waals surface area contributed by atoms with Crippen LogP contribution in [0.25, 0.3) is 0 Å². The molecular weight excluding hydrogens is 264 g/mol. The summed E-state index contributed by atoms with van der Waals surface area (Å²) in [7, 11) is 1.48. The van der Waals surface area contributed by atoms with Crippen LogP contribution in [0.2, 0.25) is 0 Å².